The van der Waals surface area contributed by atoms with Crippen LogP contribution in [-0.2, 0) is 11.0 Å². The van der Waals surface area contributed by atoms with Crippen LogP contribution in [-0.4, -0.2) is 11.1 Å². The molecule has 0 aromatic heterocycles. The van der Waals surface area contributed by atoms with Gasteiger partial charge in [-0.2, -0.15) is 18.2 Å². The molecule has 1 aliphatic rings. The molecule has 22 heavy (non-hydrogen) atoms. The summed E-state index contributed by atoms with van der Waals surface area (Å²) in [5.74, 6) is -0.285. The van der Waals surface area contributed by atoms with E-state index in [0.29, 0.717) is 15.6 Å². The minimum Gasteiger partial charge on any atom is -0.358 e. The highest BCUT2D eigenvalue weighted by Gasteiger charge is 2.30. The van der Waals surface area contributed by atoms with Gasteiger partial charge in [0.2, 0.25) is 0 Å². The van der Waals surface area contributed by atoms with Crippen LogP contribution in [0.1, 0.15) is 37.9 Å². The molecule has 0 unspecified atom stereocenters. The van der Waals surface area contributed by atoms with Crippen LogP contribution in [0.15, 0.2) is 39.7 Å². The van der Waals surface area contributed by atoms with E-state index in [1.165, 1.54) is 23.9 Å². The molecule has 1 aliphatic heterocycles. The number of amidine groups is 1. The van der Waals surface area contributed by atoms with E-state index in [9.17, 15) is 18.0 Å². The summed E-state index contributed by atoms with van der Waals surface area (Å²) in [5.41, 5.74) is 0.894. The van der Waals surface area contributed by atoms with E-state index in [2.05, 4.69) is 10.3 Å². The number of carbonyl (C=O) groups excluding carboxylic acids is 1. The first-order chi connectivity index (χ1) is 10.2. The summed E-state index contributed by atoms with van der Waals surface area (Å²) in [7, 11) is 0. The molecule has 1 atom stereocenters. The molecule has 0 saturated heterocycles. The highest BCUT2D eigenvalue weighted by atomic mass is 32.2. The number of nitrogens with zero attached hydrogens (tertiary/aromatic N) is 1. The number of allylic oxidation sites excluding steroid dienone is 1. The lowest BCUT2D eigenvalue weighted by molar-refractivity contribution is -0.137. The Labute approximate surface area is 130 Å². The molecule has 2 rings (SSSR count). The summed E-state index contributed by atoms with van der Waals surface area (Å²) in [6.45, 7) is 5.46. The fourth-order valence-electron chi connectivity index (χ4n) is 1.91. The number of hydrogen-bond acceptors (Lipinski definition) is 3. The van der Waals surface area contributed by atoms with E-state index in [0.717, 1.165) is 17.7 Å². The summed E-state index contributed by atoms with van der Waals surface area (Å²) < 4.78 is 37.6. The van der Waals surface area contributed by atoms with Crippen LogP contribution in [0.2, 0.25) is 0 Å². The van der Waals surface area contributed by atoms with Gasteiger partial charge in [-0.15, -0.1) is 0 Å². The predicted molar refractivity (Wildman–Crippen MR) is 81.4 cm³/mol. The van der Waals surface area contributed by atoms with Gasteiger partial charge < -0.3 is 5.32 Å². The number of thioether (sulfide) groups is 1. The van der Waals surface area contributed by atoms with Crippen LogP contribution in [0.5, 0.6) is 0 Å². The first-order valence-corrected chi connectivity index (χ1v) is 7.42. The standard InChI is InChI=1S/C15H15F3N2OS/c1-8(2)12-13(21)20-14(22-12)19-9(3)10-4-6-11(7-5-10)15(16,17)18/h4-7,9H,1-3H3,(H,19,20,21)/t9-/m0/s1. The fourth-order valence-corrected chi connectivity index (χ4v) is 2.81. The fraction of sp³-hybridized carbons (Fsp3) is 0.333. The lowest BCUT2D eigenvalue weighted by Gasteiger charge is -2.15. The molecule has 0 fully saturated rings. The Morgan fingerprint density at radius 2 is 1.82 bits per heavy atom. The molecule has 0 saturated carbocycles. The van der Waals surface area contributed by atoms with Crippen molar-refractivity contribution in [3.05, 3.63) is 45.9 Å². The first-order valence-electron chi connectivity index (χ1n) is 6.60. The number of halogens is 3. The SMILES string of the molecule is CC(C)=C1SC(N[C@@H](C)c2ccc(C(F)(F)F)cc2)=NC1=O. The topological polar surface area (TPSA) is 41.5 Å². The Morgan fingerprint density at radius 3 is 2.27 bits per heavy atom. The largest absolute Gasteiger partial charge is 0.416 e. The third-order valence-corrected chi connectivity index (χ3v) is 4.32. The lowest BCUT2D eigenvalue weighted by atomic mass is 10.1. The van der Waals surface area contributed by atoms with Gasteiger partial charge in [0, 0.05) is 0 Å². The molecule has 1 amide bonds. The first kappa shape index (κ1) is 16.6. The van der Waals surface area contributed by atoms with Crippen molar-refractivity contribution in [1.29, 1.82) is 0 Å². The second-order valence-corrected chi connectivity index (χ2v) is 6.14. The Balaban J connectivity index is 2.08. The molecule has 1 aromatic rings. The van der Waals surface area contributed by atoms with Gasteiger partial charge in [0.05, 0.1) is 16.5 Å². The van der Waals surface area contributed by atoms with Gasteiger partial charge in [0.15, 0.2) is 5.17 Å². The highest BCUT2D eigenvalue weighted by Crippen LogP contribution is 2.31. The van der Waals surface area contributed by atoms with E-state index in [4.69, 9.17) is 0 Å². The molecule has 1 heterocycles. The van der Waals surface area contributed by atoms with Crippen LogP contribution in [0.4, 0.5) is 13.2 Å². The molecular weight excluding hydrogens is 313 g/mol. The molecule has 0 bridgehead atoms. The van der Waals surface area contributed by atoms with Crippen LogP contribution in [0.3, 0.4) is 0 Å². The third-order valence-electron chi connectivity index (χ3n) is 3.13. The number of alkyl halides is 3. The number of amides is 1. The maximum absolute atomic E-state index is 12.5. The maximum Gasteiger partial charge on any atom is 0.416 e. The lowest BCUT2D eigenvalue weighted by Crippen LogP contribution is -2.23. The van der Waals surface area contributed by atoms with E-state index < -0.39 is 11.7 Å². The Kier molecular flexibility index (Phi) is 4.65. The second-order valence-electron chi connectivity index (χ2n) is 5.14. The second kappa shape index (κ2) is 6.16. The van der Waals surface area contributed by atoms with Crippen LogP contribution in [0.25, 0.3) is 0 Å². The van der Waals surface area contributed by atoms with Crippen molar-refractivity contribution in [3.63, 3.8) is 0 Å². The number of carbonyl (C=O) groups is 1. The van der Waals surface area contributed by atoms with Gasteiger partial charge in [-0.3, -0.25) is 4.79 Å². The zero-order valence-corrected chi connectivity index (χ0v) is 13.1. The van der Waals surface area contributed by atoms with Gasteiger partial charge in [0.25, 0.3) is 5.91 Å². The van der Waals surface area contributed by atoms with E-state index in [1.54, 1.807) is 6.92 Å². The number of hydrogen-bond donors (Lipinski definition) is 1. The Hall–Kier alpha value is -1.76. The Bertz CT molecular complexity index is 644. The maximum atomic E-state index is 12.5. The number of benzene rings is 1. The summed E-state index contributed by atoms with van der Waals surface area (Å²) in [4.78, 5) is 16.2. The molecule has 118 valence electrons. The van der Waals surface area contributed by atoms with Crippen LogP contribution in [0, 0.1) is 0 Å². The summed E-state index contributed by atoms with van der Waals surface area (Å²) in [5, 5.41) is 3.51. The summed E-state index contributed by atoms with van der Waals surface area (Å²) in [6.07, 6.45) is -4.34. The summed E-state index contributed by atoms with van der Waals surface area (Å²) >= 11 is 1.25. The molecule has 7 heteroatoms. The van der Waals surface area contributed by atoms with Crippen LogP contribution >= 0.6 is 11.8 Å². The molecule has 0 radical (unpaired) electrons. The van der Waals surface area contributed by atoms with Gasteiger partial charge in [0.1, 0.15) is 0 Å². The molecule has 0 spiro atoms. The Morgan fingerprint density at radius 1 is 1.23 bits per heavy atom. The normalized spacial score (nSPS) is 16.5. The van der Waals surface area contributed by atoms with Crippen molar-refractivity contribution >= 4 is 22.8 Å². The zero-order chi connectivity index (χ0) is 16.5. The van der Waals surface area contributed by atoms with Gasteiger partial charge in [-0.1, -0.05) is 17.7 Å². The van der Waals surface area contributed by atoms with E-state index >= 15 is 0 Å². The predicted octanol–water partition coefficient (Wildman–Crippen LogP) is 4.28. The summed E-state index contributed by atoms with van der Waals surface area (Å²) in [6, 6.07) is 4.68. The minimum absolute atomic E-state index is 0.252. The van der Waals surface area contributed by atoms with Gasteiger partial charge in [-0.05, 0) is 50.2 Å². The van der Waals surface area contributed by atoms with Crippen LogP contribution < -0.4 is 5.32 Å². The van der Waals surface area contributed by atoms with Gasteiger partial charge >= 0.3 is 6.18 Å². The van der Waals surface area contributed by atoms with Crippen molar-refractivity contribution in [1.82, 2.24) is 5.32 Å². The highest BCUT2D eigenvalue weighted by molar-refractivity contribution is 8.18. The molecule has 1 N–H and O–H groups in total. The average molecular weight is 328 g/mol. The van der Waals surface area contributed by atoms with Crippen molar-refractivity contribution in [2.24, 2.45) is 4.99 Å². The monoisotopic (exact) mass is 328 g/mol. The quantitative estimate of drug-likeness (QED) is 0.824. The van der Waals surface area contributed by atoms with E-state index in [-0.39, 0.29) is 11.9 Å². The van der Waals surface area contributed by atoms with E-state index in [1.807, 2.05) is 13.8 Å². The number of aliphatic imine (C=N–C) groups is 1. The smallest absolute Gasteiger partial charge is 0.358 e. The van der Waals surface area contributed by atoms with Crippen molar-refractivity contribution < 1.29 is 18.0 Å². The van der Waals surface area contributed by atoms with Gasteiger partial charge in [-0.25, -0.2) is 0 Å². The van der Waals surface area contributed by atoms with Crippen molar-refractivity contribution in [3.8, 4) is 0 Å². The molecule has 1 aromatic carbocycles. The number of rotatable bonds is 2. The average Bonchev–Trinajstić information content (AvgIpc) is 2.79. The molecule has 3 nitrogen and oxygen atoms in total. The molecule has 0 aliphatic carbocycles. The van der Waals surface area contributed by atoms with Crippen molar-refractivity contribution in [2.45, 2.75) is 33.0 Å². The number of nitrogens with one attached hydrogen (secondary N) is 1. The third kappa shape index (κ3) is 3.71. The zero-order valence-electron chi connectivity index (χ0n) is 12.3. The minimum atomic E-state index is -4.34. The molecular formula is C15H15F3N2OS. The van der Waals surface area contributed by atoms with Crippen molar-refractivity contribution in [2.75, 3.05) is 0 Å².